The molecule has 6 nitrogen and oxygen atoms in total. The average molecular weight is 282 g/mol. The molecule has 6 heteroatoms. The third kappa shape index (κ3) is 3.17. The molecule has 1 saturated carbocycles. The molecule has 0 aromatic carbocycles. The molecule has 1 aliphatic heterocycles. The number of amides is 4. The second kappa shape index (κ2) is 6.83. The smallest absolute Gasteiger partial charge is 0.331 e. The first kappa shape index (κ1) is 15.0. The molecular formula is C14H22N2O4. The van der Waals surface area contributed by atoms with Gasteiger partial charge in [0.05, 0.1) is 0 Å². The average Bonchev–Trinajstić information content (AvgIpc) is 2.43. The van der Waals surface area contributed by atoms with Crippen LogP contribution in [0.2, 0.25) is 0 Å². The summed E-state index contributed by atoms with van der Waals surface area (Å²) in [5.41, 5.74) is 0. The van der Waals surface area contributed by atoms with E-state index in [1.165, 1.54) is 4.90 Å². The van der Waals surface area contributed by atoms with Crippen molar-refractivity contribution in [2.75, 3.05) is 6.61 Å². The Hall–Kier alpha value is -1.43. The molecule has 2 aliphatic rings. The summed E-state index contributed by atoms with van der Waals surface area (Å²) in [6.07, 6.45) is 6.39. The van der Waals surface area contributed by atoms with Crippen LogP contribution in [0.5, 0.6) is 0 Å². The van der Waals surface area contributed by atoms with Gasteiger partial charge in [-0.3, -0.25) is 19.8 Å². The second-order valence-electron chi connectivity index (χ2n) is 5.57. The Labute approximate surface area is 118 Å². The molecule has 0 radical (unpaired) electrons. The van der Waals surface area contributed by atoms with Crippen molar-refractivity contribution in [1.29, 1.82) is 0 Å². The van der Waals surface area contributed by atoms with Crippen LogP contribution in [0.15, 0.2) is 0 Å². The molecule has 1 unspecified atom stereocenters. The summed E-state index contributed by atoms with van der Waals surface area (Å²) < 4.78 is 0. The minimum Gasteiger partial charge on any atom is -0.396 e. The fraction of sp³-hybridized carbons (Fsp3) is 0.786. The van der Waals surface area contributed by atoms with Crippen molar-refractivity contribution in [2.45, 2.75) is 57.4 Å². The van der Waals surface area contributed by atoms with Gasteiger partial charge in [0, 0.05) is 12.6 Å². The number of imide groups is 2. The fourth-order valence-electron chi connectivity index (χ4n) is 3.03. The number of rotatable bonds is 5. The molecule has 0 spiro atoms. The van der Waals surface area contributed by atoms with E-state index in [-0.39, 0.29) is 18.6 Å². The van der Waals surface area contributed by atoms with Crippen LogP contribution in [0.1, 0.15) is 51.4 Å². The largest absolute Gasteiger partial charge is 0.396 e. The lowest BCUT2D eigenvalue weighted by molar-refractivity contribution is -0.144. The van der Waals surface area contributed by atoms with Crippen LogP contribution in [0.3, 0.4) is 0 Å². The molecule has 1 atom stereocenters. The molecule has 1 heterocycles. The standard InChI is InChI=1S/C14H22N2O4/c17-9-5-4-8-11-12(18)15-14(20)16(13(11)19)10-6-2-1-3-7-10/h10-11,17H,1-9H2,(H,15,18,20). The number of hydrogen-bond donors (Lipinski definition) is 2. The fourth-order valence-corrected chi connectivity index (χ4v) is 3.03. The zero-order valence-electron chi connectivity index (χ0n) is 11.6. The maximum absolute atomic E-state index is 12.4. The van der Waals surface area contributed by atoms with Crippen LogP contribution in [0.25, 0.3) is 0 Å². The first-order chi connectivity index (χ1) is 9.65. The highest BCUT2D eigenvalue weighted by atomic mass is 16.3. The van der Waals surface area contributed by atoms with E-state index in [1.807, 2.05) is 0 Å². The molecule has 1 aliphatic carbocycles. The predicted octanol–water partition coefficient (Wildman–Crippen LogP) is 1.18. The van der Waals surface area contributed by atoms with Crippen molar-refractivity contribution in [1.82, 2.24) is 10.2 Å². The van der Waals surface area contributed by atoms with Crippen molar-refractivity contribution in [3.63, 3.8) is 0 Å². The number of carbonyl (C=O) groups excluding carboxylic acids is 3. The number of barbiturate groups is 1. The van der Waals surface area contributed by atoms with Crippen LogP contribution < -0.4 is 5.32 Å². The SMILES string of the molecule is O=C1NC(=O)N(C2CCCCC2)C(=O)C1CCCCO. The van der Waals surface area contributed by atoms with Gasteiger partial charge < -0.3 is 5.11 Å². The van der Waals surface area contributed by atoms with Crippen LogP contribution in [-0.2, 0) is 9.59 Å². The first-order valence-corrected chi connectivity index (χ1v) is 7.44. The lowest BCUT2D eigenvalue weighted by Gasteiger charge is -2.37. The Morgan fingerprint density at radius 1 is 1.10 bits per heavy atom. The van der Waals surface area contributed by atoms with Crippen LogP contribution >= 0.6 is 0 Å². The molecule has 0 aromatic heterocycles. The van der Waals surface area contributed by atoms with Gasteiger partial charge in [0.2, 0.25) is 11.8 Å². The summed E-state index contributed by atoms with van der Waals surface area (Å²) in [6.45, 7) is 0.0494. The minimum absolute atomic E-state index is 0.0494. The van der Waals surface area contributed by atoms with Gasteiger partial charge in [-0.1, -0.05) is 19.3 Å². The topological polar surface area (TPSA) is 86.7 Å². The summed E-state index contributed by atoms with van der Waals surface area (Å²) in [4.78, 5) is 37.4. The van der Waals surface area contributed by atoms with Gasteiger partial charge >= 0.3 is 6.03 Å². The van der Waals surface area contributed by atoms with Gasteiger partial charge in [-0.05, 0) is 32.1 Å². The summed E-state index contributed by atoms with van der Waals surface area (Å²) in [7, 11) is 0. The number of nitrogens with zero attached hydrogens (tertiary/aromatic N) is 1. The van der Waals surface area contributed by atoms with E-state index in [4.69, 9.17) is 5.11 Å². The summed E-state index contributed by atoms with van der Waals surface area (Å²) in [5, 5.41) is 11.1. The van der Waals surface area contributed by atoms with Gasteiger partial charge in [0.25, 0.3) is 0 Å². The summed E-state index contributed by atoms with van der Waals surface area (Å²) >= 11 is 0. The number of carbonyl (C=O) groups is 3. The molecule has 1 saturated heterocycles. The van der Waals surface area contributed by atoms with E-state index < -0.39 is 17.9 Å². The van der Waals surface area contributed by atoms with Crippen molar-refractivity contribution in [3.8, 4) is 0 Å². The molecule has 112 valence electrons. The van der Waals surface area contributed by atoms with Crippen molar-refractivity contribution < 1.29 is 19.5 Å². The van der Waals surface area contributed by atoms with Crippen LogP contribution in [0.4, 0.5) is 4.79 Å². The number of urea groups is 1. The highest BCUT2D eigenvalue weighted by molar-refractivity contribution is 6.16. The van der Waals surface area contributed by atoms with Crippen molar-refractivity contribution >= 4 is 17.8 Å². The highest BCUT2D eigenvalue weighted by Crippen LogP contribution is 2.27. The zero-order valence-corrected chi connectivity index (χ0v) is 11.6. The Morgan fingerprint density at radius 3 is 2.45 bits per heavy atom. The minimum atomic E-state index is -0.777. The van der Waals surface area contributed by atoms with Gasteiger partial charge in [0.15, 0.2) is 0 Å². The molecular weight excluding hydrogens is 260 g/mol. The van der Waals surface area contributed by atoms with E-state index in [1.54, 1.807) is 0 Å². The second-order valence-corrected chi connectivity index (χ2v) is 5.57. The van der Waals surface area contributed by atoms with E-state index in [0.29, 0.717) is 19.3 Å². The zero-order chi connectivity index (χ0) is 14.5. The van der Waals surface area contributed by atoms with Crippen molar-refractivity contribution in [2.24, 2.45) is 5.92 Å². The van der Waals surface area contributed by atoms with E-state index in [2.05, 4.69) is 5.32 Å². The maximum atomic E-state index is 12.4. The number of nitrogens with one attached hydrogen (secondary N) is 1. The number of aliphatic hydroxyl groups is 1. The molecule has 0 bridgehead atoms. The number of unbranched alkanes of at least 4 members (excludes halogenated alkanes) is 1. The Morgan fingerprint density at radius 2 is 1.80 bits per heavy atom. The molecule has 2 N–H and O–H groups in total. The maximum Gasteiger partial charge on any atom is 0.331 e. The molecule has 0 aromatic rings. The van der Waals surface area contributed by atoms with E-state index >= 15 is 0 Å². The highest BCUT2D eigenvalue weighted by Gasteiger charge is 2.43. The lowest BCUT2D eigenvalue weighted by Crippen LogP contribution is -2.61. The summed E-state index contributed by atoms with van der Waals surface area (Å²) in [6, 6.07) is -0.630. The molecule has 4 amide bonds. The Balaban J connectivity index is 2.05. The quantitative estimate of drug-likeness (QED) is 0.585. The Kier molecular flexibility index (Phi) is 5.11. The monoisotopic (exact) mass is 282 g/mol. The molecule has 20 heavy (non-hydrogen) atoms. The summed E-state index contributed by atoms with van der Waals surface area (Å²) in [5.74, 6) is -1.63. The van der Waals surface area contributed by atoms with Gasteiger partial charge in [-0.15, -0.1) is 0 Å². The molecule has 2 fully saturated rings. The van der Waals surface area contributed by atoms with E-state index in [0.717, 1.165) is 32.1 Å². The first-order valence-electron chi connectivity index (χ1n) is 7.44. The normalized spacial score (nSPS) is 24.9. The van der Waals surface area contributed by atoms with Crippen molar-refractivity contribution in [3.05, 3.63) is 0 Å². The molecule has 2 rings (SSSR count). The van der Waals surface area contributed by atoms with Crippen LogP contribution in [-0.4, -0.2) is 40.5 Å². The third-order valence-electron chi connectivity index (χ3n) is 4.14. The predicted molar refractivity (Wildman–Crippen MR) is 71.7 cm³/mol. The Bertz CT molecular complexity index is 391. The number of aliphatic hydroxyl groups excluding tert-OH is 1. The number of hydrogen-bond acceptors (Lipinski definition) is 4. The van der Waals surface area contributed by atoms with E-state index in [9.17, 15) is 14.4 Å². The van der Waals surface area contributed by atoms with Gasteiger partial charge in [0.1, 0.15) is 5.92 Å². The van der Waals surface area contributed by atoms with Crippen LogP contribution in [0, 0.1) is 5.92 Å². The van der Waals surface area contributed by atoms with Gasteiger partial charge in [-0.2, -0.15) is 0 Å². The third-order valence-corrected chi connectivity index (χ3v) is 4.14. The van der Waals surface area contributed by atoms with Gasteiger partial charge in [-0.25, -0.2) is 4.79 Å². The lowest BCUT2D eigenvalue weighted by atomic mass is 9.91.